The smallest absolute Gasteiger partial charge is 0.253 e. The van der Waals surface area contributed by atoms with Crippen molar-refractivity contribution in [1.29, 1.82) is 0 Å². The van der Waals surface area contributed by atoms with Crippen molar-refractivity contribution in [3.05, 3.63) is 69.7 Å². The molecule has 1 fully saturated rings. The number of hydrogen-bond acceptors (Lipinski definition) is 2. The van der Waals surface area contributed by atoms with Gasteiger partial charge in [0.2, 0.25) is 0 Å². The summed E-state index contributed by atoms with van der Waals surface area (Å²) >= 11 is 5.90. The summed E-state index contributed by atoms with van der Waals surface area (Å²) in [6.45, 7) is 1.94. The molecule has 0 radical (unpaired) electrons. The second-order valence-electron chi connectivity index (χ2n) is 6.01. The molecule has 0 saturated carbocycles. The predicted molar refractivity (Wildman–Crippen MR) is 87.7 cm³/mol. The Morgan fingerprint density at radius 3 is 2.61 bits per heavy atom. The van der Waals surface area contributed by atoms with Crippen LogP contribution in [-0.2, 0) is 6.54 Å². The molecule has 0 aromatic heterocycles. The summed E-state index contributed by atoms with van der Waals surface area (Å²) in [7, 11) is 0. The second-order valence-corrected chi connectivity index (χ2v) is 6.45. The molecule has 2 aliphatic rings. The maximum Gasteiger partial charge on any atom is 0.253 e. The molecule has 0 spiro atoms. The van der Waals surface area contributed by atoms with Gasteiger partial charge in [0, 0.05) is 41.7 Å². The number of hydrogen-bond donors (Lipinski definition) is 1. The lowest BCUT2D eigenvalue weighted by Crippen LogP contribution is -2.48. The van der Waals surface area contributed by atoms with Gasteiger partial charge in [-0.3, -0.25) is 9.59 Å². The van der Waals surface area contributed by atoms with E-state index in [1.165, 1.54) is 5.56 Å². The first-order valence-electron chi connectivity index (χ1n) is 7.57. The van der Waals surface area contributed by atoms with E-state index in [-0.39, 0.29) is 11.8 Å². The van der Waals surface area contributed by atoms with Crippen LogP contribution in [0.25, 0.3) is 0 Å². The minimum atomic E-state index is -0.0997. The molecule has 0 unspecified atom stereocenters. The fourth-order valence-electron chi connectivity index (χ4n) is 3.12. The van der Waals surface area contributed by atoms with Gasteiger partial charge in [-0.05, 0) is 35.4 Å². The van der Waals surface area contributed by atoms with Gasteiger partial charge in [0.1, 0.15) is 0 Å². The normalized spacial score (nSPS) is 16.7. The van der Waals surface area contributed by atoms with E-state index in [4.69, 9.17) is 11.6 Å². The van der Waals surface area contributed by atoms with Crippen LogP contribution in [0.2, 0.25) is 5.02 Å². The molecule has 4 nitrogen and oxygen atoms in total. The zero-order chi connectivity index (χ0) is 16.0. The van der Waals surface area contributed by atoms with E-state index in [2.05, 4.69) is 5.32 Å². The van der Waals surface area contributed by atoms with Crippen molar-refractivity contribution < 1.29 is 9.59 Å². The van der Waals surface area contributed by atoms with E-state index in [1.807, 2.05) is 35.2 Å². The number of halogens is 1. The van der Waals surface area contributed by atoms with Gasteiger partial charge >= 0.3 is 0 Å². The highest BCUT2D eigenvalue weighted by molar-refractivity contribution is 6.30. The minimum absolute atomic E-state index is 0.0160. The van der Waals surface area contributed by atoms with Crippen molar-refractivity contribution in [2.45, 2.75) is 12.5 Å². The van der Waals surface area contributed by atoms with Gasteiger partial charge in [-0.2, -0.15) is 0 Å². The van der Waals surface area contributed by atoms with Crippen LogP contribution in [0.1, 0.15) is 37.8 Å². The van der Waals surface area contributed by atoms with Crippen LogP contribution in [-0.4, -0.2) is 29.8 Å². The Morgan fingerprint density at radius 1 is 1.13 bits per heavy atom. The lowest BCUT2D eigenvalue weighted by atomic mass is 9.90. The average Bonchev–Trinajstić information content (AvgIpc) is 2.88. The van der Waals surface area contributed by atoms with Crippen LogP contribution in [0.15, 0.2) is 42.5 Å². The Morgan fingerprint density at radius 2 is 1.87 bits per heavy atom. The van der Waals surface area contributed by atoms with Crippen LogP contribution in [0.4, 0.5) is 0 Å². The highest BCUT2D eigenvalue weighted by Gasteiger charge is 2.32. The SMILES string of the molecule is O=C1NCc2ccc(C(=O)N3CC(c4ccc(Cl)cc4)C3)cc21. The molecule has 1 saturated heterocycles. The van der Waals surface area contributed by atoms with Crippen molar-refractivity contribution in [2.75, 3.05) is 13.1 Å². The van der Waals surface area contributed by atoms with Crippen molar-refractivity contribution in [2.24, 2.45) is 0 Å². The standard InChI is InChI=1S/C18H15ClN2O2/c19-15-5-3-11(4-6-15)14-9-21(10-14)18(23)12-1-2-13-8-20-17(22)16(13)7-12/h1-7,14H,8-10H2,(H,20,22). The van der Waals surface area contributed by atoms with Crippen LogP contribution >= 0.6 is 11.6 Å². The van der Waals surface area contributed by atoms with Gasteiger partial charge in [0.25, 0.3) is 11.8 Å². The van der Waals surface area contributed by atoms with Crippen LogP contribution in [0, 0.1) is 0 Å². The molecule has 5 heteroatoms. The number of carbonyl (C=O) groups excluding carboxylic acids is 2. The van der Waals surface area contributed by atoms with Gasteiger partial charge in [0.15, 0.2) is 0 Å². The molecule has 116 valence electrons. The van der Waals surface area contributed by atoms with E-state index in [0.29, 0.717) is 36.7 Å². The number of benzene rings is 2. The van der Waals surface area contributed by atoms with Gasteiger partial charge < -0.3 is 10.2 Å². The van der Waals surface area contributed by atoms with E-state index in [0.717, 1.165) is 10.6 Å². The maximum absolute atomic E-state index is 12.5. The number of fused-ring (bicyclic) bond motifs is 1. The molecule has 23 heavy (non-hydrogen) atoms. The first kappa shape index (κ1) is 14.3. The molecular formula is C18H15ClN2O2. The number of likely N-dealkylation sites (tertiary alicyclic amines) is 1. The average molecular weight is 327 g/mol. The summed E-state index contributed by atoms with van der Waals surface area (Å²) in [5.41, 5.74) is 3.35. The third-order valence-electron chi connectivity index (χ3n) is 4.55. The zero-order valence-electron chi connectivity index (χ0n) is 12.4. The number of carbonyl (C=O) groups is 2. The molecule has 2 aromatic rings. The van der Waals surface area contributed by atoms with Gasteiger partial charge in [0.05, 0.1) is 0 Å². The van der Waals surface area contributed by atoms with E-state index < -0.39 is 0 Å². The van der Waals surface area contributed by atoms with Crippen molar-refractivity contribution >= 4 is 23.4 Å². The molecule has 1 N–H and O–H groups in total. The van der Waals surface area contributed by atoms with E-state index in [1.54, 1.807) is 12.1 Å². The minimum Gasteiger partial charge on any atom is -0.348 e. The lowest BCUT2D eigenvalue weighted by molar-refractivity contribution is 0.0602. The third-order valence-corrected chi connectivity index (χ3v) is 4.80. The van der Waals surface area contributed by atoms with Crippen molar-refractivity contribution in [3.8, 4) is 0 Å². The number of nitrogens with zero attached hydrogens (tertiary/aromatic N) is 1. The fourth-order valence-corrected chi connectivity index (χ4v) is 3.24. The summed E-state index contributed by atoms with van der Waals surface area (Å²) in [6.07, 6.45) is 0. The Kier molecular flexibility index (Phi) is 3.34. The largest absolute Gasteiger partial charge is 0.348 e. The Hall–Kier alpha value is -2.33. The van der Waals surface area contributed by atoms with Gasteiger partial charge in [-0.15, -0.1) is 0 Å². The summed E-state index contributed by atoms with van der Waals surface area (Å²) in [6, 6.07) is 13.1. The quantitative estimate of drug-likeness (QED) is 0.922. The number of rotatable bonds is 2. The molecule has 0 atom stereocenters. The summed E-state index contributed by atoms with van der Waals surface area (Å²) in [5, 5.41) is 3.49. The maximum atomic E-state index is 12.5. The molecule has 0 bridgehead atoms. The molecule has 2 amide bonds. The Balaban J connectivity index is 1.46. The number of nitrogens with one attached hydrogen (secondary N) is 1. The highest BCUT2D eigenvalue weighted by atomic mass is 35.5. The van der Waals surface area contributed by atoms with Crippen LogP contribution in [0.5, 0.6) is 0 Å². The fraction of sp³-hybridized carbons (Fsp3) is 0.222. The predicted octanol–water partition coefficient (Wildman–Crippen LogP) is 2.82. The third kappa shape index (κ3) is 2.49. The van der Waals surface area contributed by atoms with Crippen LogP contribution in [0.3, 0.4) is 0 Å². The topological polar surface area (TPSA) is 49.4 Å². The van der Waals surface area contributed by atoms with E-state index in [9.17, 15) is 9.59 Å². The van der Waals surface area contributed by atoms with Crippen molar-refractivity contribution in [1.82, 2.24) is 10.2 Å². The molecule has 4 rings (SSSR count). The van der Waals surface area contributed by atoms with E-state index >= 15 is 0 Å². The summed E-state index contributed by atoms with van der Waals surface area (Å²) < 4.78 is 0. The zero-order valence-corrected chi connectivity index (χ0v) is 13.1. The molecular weight excluding hydrogens is 312 g/mol. The first-order valence-corrected chi connectivity index (χ1v) is 7.95. The second kappa shape index (κ2) is 5.39. The van der Waals surface area contributed by atoms with Crippen molar-refractivity contribution in [3.63, 3.8) is 0 Å². The summed E-state index contributed by atoms with van der Waals surface area (Å²) in [5.74, 6) is 0.240. The number of amides is 2. The Bertz CT molecular complexity index is 795. The van der Waals surface area contributed by atoms with Gasteiger partial charge in [-0.1, -0.05) is 29.8 Å². The summed E-state index contributed by atoms with van der Waals surface area (Å²) in [4.78, 5) is 26.1. The highest BCUT2D eigenvalue weighted by Crippen LogP contribution is 2.29. The molecule has 2 heterocycles. The lowest BCUT2D eigenvalue weighted by Gasteiger charge is -2.39. The molecule has 2 aliphatic heterocycles. The Labute approximate surface area is 139 Å². The van der Waals surface area contributed by atoms with Gasteiger partial charge in [-0.25, -0.2) is 0 Å². The molecule has 2 aromatic carbocycles. The van der Waals surface area contributed by atoms with Crippen LogP contribution < -0.4 is 5.32 Å². The first-order chi connectivity index (χ1) is 11.1. The monoisotopic (exact) mass is 326 g/mol. The molecule has 0 aliphatic carbocycles.